The van der Waals surface area contributed by atoms with E-state index in [9.17, 15) is 4.79 Å². The molecule has 2 aliphatic rings. The first-order chi connectivity index (χ1) is 10.3. The number of para-hydroxylation sites is 1. The van der Waals surface area contributed by atoms with Gasteiger partial charge in [-0.15, -0.1) is 0 Å². The van der Waals surface area contributed by atoms with Crippen molar-refractivity contribution in [3.63, 3.8) is 0 Å². The topological polar surface area (TPSA) is 49.3 Å². The highest BCUT2D eigenvalue weighted by atomic mass is 16.2. The van der Waals surface area contributed by atoms with Crippen molar-refractivity contribution in [3.8, 4) is 0 Å². The third-order valence-electron chi connectivity index (χ3n) is 4.34. The Morgan fingerprint density at radius 1 is 0.952 bits per heavy atom. The number of hydrogen-bond donors (Lipinski definition) is 0. The monoisotopic (exact) mass is 280 g/mol. The summed E-state index contributed by atoms with van der Waals surface area (Å²) in [6.07, 6.45) is 3.49. The van der Waals surface area contributed by atoms with Crippen molar-refractivity contribution in [3.05, 3.63) is 48.8 Å². The molecule has 2 fully saturated rings. The molecule has 106 valence electrons. The minimum absolute atomic E-state index is 0.0639. The molecule has 2 saturated heterocycles. The molecule has 1 amide bonds. The summed E-state index contributed by atoms with van der Waals surface area (Å²) in [5.41, 5.74) is 0.999. The third-order valence-corrected chi connectivity index (χ3v) is 4.34. The van der Waals surface area contributed by atoms with E-state index in [1.54, 1.807) is 12.4 Å². The van der Waals surface area contributed by atoms with Gasteiger partial charge in [-0.3, -0.25) is 4.79 Å². The second-order valence-electron chi connectivity index (χ2n) is 5.60. The van der Waals surface area contributed by atoms with Gasteiger partial charge in [0.1, 0.15) is 0 Å². The van der Waals surface area contributed by atoms with Crippen LogP contribution in [0.3, 0.4) is 0 Å². The molecule has 5 heteroatoms. The Labute approximate surface area is 123 Å². The number of benzene rings is 1. The smallest absolute Gasteiger partial charge is 0.232 e. The molecule has 0 aliphatic carbocycles. The van der Waals surface area contributed by atoms with E-state index in [0.717, 1.165) is 31.3 Å². The van der Waals surface area contributed by atoms with E-state index in [0.29, 0.717) is 5.92 Å². The van der Waals surface area contributed by atoms with Gasteiger partial charge >= 0.3 is 0 Å². The van der Waals surface area contributed by atoms with Crippen LogP contribution in [-0.2, 0) is 4.79 Å². The van der Waals surface area contributed by atoms with Crippen LogP contribution in [0.15, 0.2) is 48.8 Å². The lowest BCUT2D eigenvalue weighted by molar-refractivity contribution is -0.120. The molecule has 3 heterocycles. The molecule has 0 bridgehead atoms. The molecular formula is C16H16N4O. The molecule has 0 saturated carbocycles. The largest absolute Gasteiger partial charge is 0.340 e. The number of carbonyl (C=O) groups excluding carboxylic acids is 1. The normalized spacial score (nSPS) is 24.5. The van der Waals surface area contributed by atoms with Crippen LogP contribution < -0.4 is 9.80 Å². The first kappa shape index (κ1) is 12.3. The summed E-state index contributed by atoms with van der Waals surface area (Å²) in [4.78, 5) is 25.2. The van der Waals surface area contributed by atoms with Gasteiger partial charge in [0, 0.05) is 43.6 Å². The minimum Gasteiger partial charge on any atom is -0.340 e. The van der Waals surface area contributed by atoms with Gasteiger partial charge in [0.05, 0.1) is 5.92 Å². The van der Waals surface area contributed by atoms with Crippen LogP contribution in [0.4, 0.5) is 11.6 Å². The van der Waals surface area contributed by atoms with E-state index in [1.807, 2.05) is 41.3 Å². The number of rotatable bonds is 2. The van der Waals surface area contributed by atoms with Gasteiger partial charge < -0.3 is 9.80 Å². The van der Waals surface area contributed by atoms with Gasteiger partial charge in [0.15, 0.2) is 0 Å². The molecule has 1 aromatic heterocycles. The number of aromatic nitrogens is 2. The van der Waals surface area contributed by atoms with Crippen LogP contribution in [0.25, 0.3) is 0 Å². The zero-order valence-electron chi connectivity index (χ0n) is 11.6. The van der Waals surface area contributed by atoms with Crippen molar-refractivity contribution >= 4 is 17.5 Å². The van der Waals surface area contributed by atoms with Crippen molar-refractivity contribution in [1.29, 1.82) is 0 Å². The highest BCUT2D eigenvalue weighted by molar-refractivity contribution is 5.98. The molecule has 2 atom stereocenters. The van der Waals surface area contributed by atoms with Gasteiger partial charge in [-0.05, 0) is 18.2 Å². The Morgan fingerprint density at radius 3 is 2.43 bits per heavy atom. The molecule has 0 radical (unpaired) electrons. The van der Waals surface area contributed by atoms with E-state index in [1.165, 1.54) is 0 Å². The predicted octanol–water partition coefficient (Wildman–Crippen LogP) is 1.58. The van der Waals surface area contributed by atoms with Crippen LogP contribution >= 0.6 is 0 Å². The molecule has 5 nitrogen and oxygen atoms in total. The molecular weight excluding hydrogens is 264 g/mol. The van der Waals surface area contributed by atoms with E-state index in [2.05, 4.69) is 14.9 Å². The summed E-state index contributed by atoms with van der Waals surface area (Å²) in [5, 5.41) is 0. The SMILES string of the molecule is O=C1C2CN(c3ncccn3)CC2CN1c1ccccc1. The van der Waals surface area contributed by atoms with Crippen molar-refractivity contribution in [2.45, 2.75) is 0 Å². The minimum atomic E-state index is 0.0639. The van der Waals surface area contributed by atoms with Crippen molar-refractivity contribution in [2.75, 3.05) is 29.4 Å². The lowest BCUT2D eigenvalue weighted by atomic mass is 10.0. The zero-order chi connectivity index (χ0) is 14.2. The molecule has 1 aromatic carbocycles. The summed E-state index contributed by atoms with van der Waals surface area (Å²) in [5.74, 6) is 1.38. The lowest BCUT2D eigenvalue weighted by Gasteiger charge is -2.21. The maximum Gasteiger partial charge on any atom is 0.232 e. The Hall–Kier alpha value is -2.43. The van der Waals surface area contributed by atoms with Gasteiger partial charge in [-0.2, -0.15) is 0 Å². The van der Waals surface area contributed by atoms with E-state index in [-0.39, 0.29) is 11.8 Å². The first-order valence-electron chi connectivity index (χ1n) is 7.21. The quantitative estimate of drug-likeness (QED) is 0.838. The van der Waals surface area contributed by atoms with Crippen LogP contribution in [0.5, 0.6) is 0 Å². The van der Waals surface area contributed by atoms with Crippen LogP contribution in [0.1, 0.15) is 0 Å². The van der Waals surface area contributed by atoms with Gasteiger partial charge in [0.25, 0.3) is 0 Å². The average molecular weight is 280 g/mol. The van der Waals surface area contributed by atoms with Gasteiger partial charge in [0.2, 0.25) is 11.9 Å². The number of fused-ring (bicyclic) bond motifs is 1. The van der Waals surface area contributed by atoms with Crippen LogP contribution in [0.2, 0.25) is 0 Å². The number of nitrogens with zero attached hydrogens (tertiary/aromatic N) is 4. The molecule has 0 spiro atoms. The van der Waals surface area contributed by atoms with Crippen LogP contribution in [0, 0.1) is 11.8 Å². The Morgan fingerprint density at radius 2 is 1.71 bits per heavy atom. The molecule has 21 heavy (non-hydrogen) atoms. The second-order valence-corrected chi connectivity index (χ2v) is 5.60. The maximum atomic E-state index is 12.6. The fourth-order valence-corrected chi connectivity index (χ4v) is 3.32. The first-order valence-corrected chi connectivity index (χ1v) is 7.21. The maximum absolute atomic E-state index is 12.6. The summed E-state index contributed by atoms with van der Waals surface area (Å²) in [7, 11) is 0. The third kappa shape index (κ3) is 2.05. The summed E-state index contributed by atoms with van der Waals surface area (Å²) in [6.45, 7) is 2.36. The van der Waals surface area contributed by atoms with Gasteiger partial charge in [-0.1, -0.05) is 18.2 Å². The zero-order valence-corrected chi connectivity index (χ0v) is 11.6. The van der Waals surface area contributed by atoms with Crippen molar-refractivity contribution in [1.82, 2.24) is 9.97 Å². The summed E-state index contributed by atoms with van der Waals surface area (Å²) < 4.78 is 0. The Kier molecular flexibility index (Phi) is 2.84. The number of carbonyl (C=O) groups is 1. The Balaban J connectivity index is 1.53. The van der Waals surface area contributed by atoms with Crippen molar-refractivity contribution < 1.29 is 4.79 Å². The predicted molar refractivity (Wildman–Crippen MR) is 80.0 cm³/mol. The number of amides is 1. The van der Waals surface area contributed by atoms with E-state index < -0.39 is 0 Å². The molecule has 2 aromatic rings. The fourth-order valence-electron chi connectivity index (χ4n) is 3.32. The molecule has 4 rings (SSSR count). The van der Waals surface area contributed by atoms with E-state index in [4.69, 9.17) is 0 Å². The van der Waals surface area contributed by atoms with E-state index >= 15 is 0 Å². The highest BCUT2D eigenvalue weighted by Crippen LogP contribution is 2.35. The van der Waals surface area contributed by atoms with Crippen molar-refractivity contribution in [2.24, 2.45) is 11.8 Å². The van der Waals surface area contributed by atoms with Gasteiger partial charge in [-0.25, -0.2) is 9.97 Å². The number of anilines is 2. The highest BCUT2D eigenvalue weighted by Gasteiger charge is 2.47. The standard InChI is InChI=1S/C16H16N4O/c21-15-14-11-19(16-17-7-4-8-18-16)9-12(14)10-20(15)13-5-2-1-3-6-13/h1-8,12,14H,9-11H2. The summed E-state index contributed by atoms with van der Waals surface area (Å²) in [6, 6.07) is 11.7. The molecule has 0 N–H and O–H groups in total. The second kappa shape index (κ2) is 4.84. The van der Waals surface area contributed by atoms with Crippen LogP contribution in [-0.4, -0.2) is 35.5 Å². The molecule has 2 aliphatic heterocycles. The molecule has 2 unspecified atom stereocenters. The Bertz CT molecular complexity index is 646. The fraction of sp³-hybridized carbons (Fsp3) is 0.312. The average Bonchev–Trinajstić information content (AvgIpc) is 3.09. The lowest BCUT2D eigenvalue weighted by Crippen LogP contribution is -2.33. The summed E-state index contributed by atoms with van der Waals surface area (Å²) >= 11 is 0. The number of hydrogen-bond acceptors (Lipinski definition) is 4.